The molecule has 0 aliphatic rings. The van der Waals surface area contributed by atoms with Crippen LogP contribution in [0.1, 0.15) is 73.8 Å². The number of ether oxygens (including phenoxy) is 1. The summed E-state index contributed by atoms with van der Waals surface area (Å²) in [6, 6.07) is 7.47. The lowest BCUT2D eigenvalue weighted by Crippen LogP contribution is -2.37. The molecule has 0 fully saturated rings. The van der Waals surface area contributed by atoms with E-state index in [2.05, 4.69) is 39.2 Å². The lowest BCUT2D eigenvalue weighted by Gasteiger charge is -2.21. The molecule has 3 amide bonds. The van der Waals surface area contributed by atoms with Crippen LogP contribution in [0.5, 0.6) is 5.75 Å². The van der Waals surface area contributed by atoms with Crippen molar-refractivity contribution in [2.75, 3.05) is 13.1 Å². The number of amides is 3. The molecule has 210 valence electrons. The van der Waals surface area contributed by atoms with Crippen LogP contribution in [0.25, 0.3) is 0 Å². The van der Waals surface area contributed by atoms with Crippen molar-refractivity contribution in [2.24, 2.45) is 17.6 Å². The van der Waals surface area contributed by atoms with E-state index in [-0.39, 0.29) is 18.4 Å². The number of carbonyl (C=O) groups is 3. The Kier molecular flexibility index (Phi) is 26.6. The van der Waals surface area contributed by atoms with E-state index in [1.165, 1.54) is 0 Å². The van der Waals surface area contributed by atoms with Crippen LogP contribution < -0.4 is 15.8 Å². The topological polar surface area (TPSA) is 102 Å². The van der Waals surface area contributed by atoms with Crippen LogP contribution in [0.15, 0.2) is 61.4 Å². The average molecular weight is 518 g/mol. The summed E-state index contributed by atoms with van der Waals surface area (Å²) in [7, 11) is 0. The van der Waals surface area contributed by atoms with Crippen LogP contribution in [0.4, 0.5) is 0 Å². The number of likely N-dealkylation sites (N-methyl/N-ethyl adjacent to an activating group) is 1. The molecule has 0 bridgehead atoms. The Morgan fingerprint density at radius 2 is 1.76 bits per heavy atom. The molecule has 3 N–H and O–H groups in total. The molecular formula is C30H51N3O4. The molecule has 0 spiro atoms. The molecule has 1 aromatic carbocycles. The lowest BCUT2D eigenvalue weighted by molar-refractivity contribution is -0.131. The maximum absolute atomic E-state index is 12.0. The van der Waals surface area contributed by atoms with Gasteiger partial charge >= 0.3 is 0 Å². The van der Waals surface area contributed by atoms with Gasteiger partial charge in [-0.2, -0.15) is 0 Å². The van der Waals surface area contributed by atoms with Crippen molar-refractivity contribution in [1.82, 2.24) is 10.2 Å². The molecule has 0 aliphatic carbocycles. The molecule has 1 unspecified atom stereocenters. The number of hydrogen-bond acceptors (Lipinski definition) is 4. The fourth-order valence-corrected chi connectivity index (χ4v) is 3.17. The van der Waals surface area contributed by atoms with Gasteiger partial charge in [0.1, 0.15) is 11.5 Å². The van der Waals surface area contributed by atoms with Gasteiger partial charge in [-0.05, 0) is 55.0 Å². The van der Waals surface area contributed by atoms with Crippen LogP contribution in [0.2, 0.25) is 0 Å². The first-order valence-electron chi connectivity index (χ1n) is 13.1. The molecule has 37 heavy (non-hydrogen) atoms. The zero-order valence-corrected chi connectivity index (χ0v) is 24.4. The monoisotopic (exact) mass is 517 g/mol. The van der Waals surface area contributed by atoms with Gasteiger partial charge in [-0.3, -0.25) is 14.4 Å². The highest BCUT2D eigenvalue weighted by atomic mass is 16.5. The summed E-state index contributed by atoms with van der Waals surface area (Å²) in [5, 5.41) is 2.38. The quantitative estimate of drug-likeness (QED) is 0.179. The first-order chi connectivity index (χ1) is 17.7. The molecule has 0 heterocycles. The third-order valence-electron chi connectivity index (χ3n) is 4.49. The number of nitrogens with zero attached hydrogens (tertiary/aromatic N) is 1. The zero-order valence-electron chi connectivity index (χ0n) is 24.4. The summed E-state index contributed by atoms with van der Waals surface area (Å²) in [5.41, 5.74) is 5.97. The van der Waals surface area contributed by atoms with E-state index in [0.29, 0.717) is 49.3 Å². The largest absolute Gasteiger partial charge is 0.457 e. The van der Waals surface area contributed by atoms with Crippen LogP contribution in [0.3, 0.4) is 0 Å². The molecule has 0 saturated carbocycles. The third-order valence-corrected chi connectivity index (χ3v) is 4.49. The normalized spacial score (nSPS) is 10.6. The number of allylic oxidation sites excluding steroid dienone is 3. The second-order valence-corrected chi connectivity index (χ2v) is 8.07. The van der Waals surface area contributed by atoms with Crippen LogP contribution >= 0.6 is 0 Å². The zero-order chi connectivity index (χ0) is 29.2. The Hall–Kier alpha value is -3.35. The maximum atomic E-state index is 12.0. The number of carbonyl (C=O) groups excluding carboxylic acids is 3. The number of benzene rings is 1. The molecule has 0 aliphatic heterocycles. The van der Waals surface area contributed by atoms with Gasteiger partial charge in [-0.15, -0.1) is 0 Å². The minimum atomic E-state index is -0.187. The highest BCUT2D eigenvalue weighted by Gasteiger charge is 2.12. The van der Waals surface area contributed by atoms with Crippen molar-refractivity contribution in [3.8, 4) is 5.75 Å². The molecule has 1 atom stereocenters. The summed E-state index contributed by atoms with van der Waals surface area (Å²) in [4.78, 5) is 34.3. The summed E-state index contributed by atoms with van der Waals surface area (Å²) in [5.74, 6) is 2.03. The van der Waals surface area contributed by atoms with E-state index in [1.54, 1.807) is 23.1 Å². The van der Waals surface area contributed by atoms with Gasteiger partial charge in [0, 0.05) is 19.5 Å². The van der Waals surface area contributed by atoms with E-state index in [1.807, 2.05) is 58.9 Å². The van der Waals surface area contributed by atoms with Crippen molar-refractivity contribution in [3.05, 3.63) is 67.0 Å². The summed E-state index contributed by atoms with van der Waals surface area (Å²) in [6.45, 7) is 24.6. The summed E-state index contributed by atoms with van der Waals surface area (Å²) >= 11 is 0. The van der Waals surface area contributed by atoms with E-state index in [4.69, 9.17) is 10.5 Å². The van der Waals surface area contributed by atoms with E-state index in [9.17, 15) is 14.4 Å². The maximum Gasteiger partial charge on any atom is 0.242 e. The molecule has 1 aromatic rings. The van der Waals surface area contributed by atoms with E-state index < -0.39 is 0 Å². The summed E-state index contributed by atoms with van der Waals surface area (Å²) < 4.78 is 5.69. The van der Waals surface area contributed by atoms with Gasteiger partial charge in [-0.25, -0.2) is 0 Å². The number of primary amides is 1. The van der Waals surface area contributed by atoms with Crippen LogP contribution in [-0.2, 0) is 20.9 Å². The first kappa shape index (κ1) is 38.2. The summed E-state index contributed by atoms with van der Waals surface area (Å²) in [6.07, 6.45) is 7.07. The van der Waals surface area contributed by atoms with Crippen LogP contribution in [0, 0.1) is 11.8 Å². The van der Waals surface area contributed by atoms with Gasteiger partial charge in [0.05, 0.1) is 6.54 Å². The molecule has 0 radical (unpaired) electrons. The van der Waals surface area contributed by atoms with Crippen molar-refractivity contribution >= 4 is 18.2 Å². The van der Waals surface area contributed by atoms with Crippen molar-refractivity contribution in [2.45, 2.75) is 74.8 Å². The second kappa shape index (κ2) is 25.7. The SMILES string of the molecule is C=C/C=C(\C=C)Oc1cccc(CN(CC)C(=O)CNC=O)c1.CC.CC.CC(C)CC(C)CC(N)=O. The number of rotatable bonds is 14. The highest BCUT2D eigenvalue weighted by Crippen LogP contribution is 2.18. The molecular weight excluding hydrogens is 466 g/mol. The van der Waals surface area contributed by atoms with Gasteiger partial charge in [0.25, 0.3) is 0 Å². The minimum absolute atomic E-state index is 0.00375. The van der Waals surface area contributed by atoms with Gasteiger partial charge in [0.2, 0.25) is 18.2 Å². The Bertz CT molecular complexity index is 804. The fourth-order valence-electron chi connectivity index (χ4n) is 3.17. The number of hydrogen-bond donors (Lipinski definition) is 2. The number of nitrogens with one attached hydrogen (secondary N) is 1. The third kappa shape index (κ3) is 21.6. The minimum Gasteiger partial charge on any atom is -0.457 e. The van der Waals surface area contributed by atoms with Gasteiger partial charge < -0.3 is 20.7 Å². The fraction of sp³-hybridized carbons (Fsp3) is 0.500. The Morgan fingerprint density at radius 3 is 2.22 bits per heavy atom. The average Bonchev–Trinajstić information content (AvgIpc) is 2.87. The Morgan fingerprint density at radius 1 is 1.14 bits per heavy atom. The Labute approximate surface area is 225 Å². The predicted octanol–water partition coefficient (Wildman–Crippen LogP) is 6.01. The Balaban J connectivity index is -0.000000691. The number of nitrogens with two attached hydrogens (primary N) is 1. The molecule has 1 rings (SSSR count). The van der Waals surface area contributed by atoms with Crippen molar-refractivity contribution < 1.29 is 19.1 Å². The second-order valence-electron chi connectivity index (χ2n) is 8.07. The van der Waals surface area contributed by atoms with Gasteiger partial charge in [0.15, 0.2) is 0 Å². The predicted molar refractivity (Wildman–Crippen MR) is 156 cm³/mol. The van der Waals surface area contributed by atoms with Crippen LogP contribution in [-0.4, -0.2) is 36.2 Å². The van der Waals surface area contributed by atoms with Gasteiger partial charge in [-0.1, -0.05) is 79.8 Å². The van der Waals surface area contributed by atoms with Crippen molar-refractivity contribution in [3.63, 3.8) is 0 Å². The molecule has 0 aromatic heterocycles. The van der Waals surface area contributed by atoms with E-state index in [0.717, 1.165) is 12.0 Å². The molecule has 7 nitrogen and oxygen atoms in total. The highest BCUT2D eigenvalue weighted by molar-refractivity contribution is 5.80. The smallest absolute Gasteiger partial charge is 0.242 e. The molecule has 7 heteroatoms. The molecule has 0 saturated heterocycles. The van der Waals surface area contributed by atoms with Crippen molar-refractivity contribution in [1.29, 1.82) is 0 Å². The lowest BCUT2D eigenvalue weighted by atomic mass is 9.96. The van der Waals surface area contributed by atoms with E-state index >= 15 is 0 Å². The standard InChI is InChI=1S/C18H22N2O3.C8H17NO.2C2H6/c1-4-8-16(5-2)23-17-10-7-9-15(11-17)13-20(6-3)18(22)12-19-14-21;1-6(2)4-7(3)5-8(9)10;2*1-2/h4-5,7-11,14H,1-2,6,12-13H2,3H3,(H,19,21);6-7H,4-5H2,1-3H3,(H2,9,10);2*1-2H3/b16-8+;;;. The first-order valence-corrected chi connectivity index (χ1v) is 13.1.